The largest absolute Gasteiger partial charge is 0.378 e. The zero-order valence-corrected chi connectivity index (χ0v) is 19.5. The van der Waals surface area contributed by atoms with E-state index in [2.05, 4.69) is 75.5 Å². The van der Waals surface area contributed by atoms with Gasteiger partial charge in [0, 0.05) is 27.1 Å². The van der Waals surface area contributed by atoms with Gasteiger partial charge in [-0.1, -0.05) is 45.3 Å². The van der Waals surface area contributed by atoms with E-state index < -0.39 is 0 Å². The van der Waals surface area contributed by atoms with Crippen LogP contribution in [-0.2, 0) is 0 Å². The Morgan fingerprint density at radius 2 is 2.00 bits per heavy atom. The van der Waals surface area contributed by atoms with Crippen molar-refractivity contribution in [3.05, 3.63) is 23.9 Å². The summed E-state index contributed by atoms with van der Waals surface area (Å²) in [5.74, 6) is 0.596. The van der Waals surface area contributed by atoms with Gasteiger partial charge >= 0.3 is 0 Å². The van der Waals surface area contributed by atoms with Crippen LogP contribution in [0.4, 0.5) is 5.69 Å². The van der Waals surface area contributed by atoms with Crippen LogP contribution < -0.4 is 5.32 Å². The molecule has 0 saturated heterocycles. The Kier molecular flexibility index (Phi) is 9.25. The molecule has 146 valence electrons. The third kappa shape index (κ3) is 5.87. The summed E-state index contributed by atoms with van der Waals surface area (Å²) in [7, 11) is 0. The summed E-state index contributed by atoms with van der Waals surface area (Å²) in [6.45, 7) is 9.05. The normalized spacial score (nSPS) is 23.8. The van der Waals surface area contributed by atoms with Crippen molar-refractivity contribution in [2.75, 3.05) is 17.8 Å². The molecule has 1 aromatic rings. The zero-order valence-electron chi connectivity index (χ0n) is 17.0. The lowest BCUT2D eigenvalue weighted by molar-refractivity contribution is 0.585. The number of hydrogen-bond acceptors (Lipinski definition) is 5. The molecule has 0 spiro atoms. The van der Waals surface area contributed by atoms with E-state index in [1.54, 1.807) is 23.5 Å². The molecule has 0 amide bonds. The number of nitrogens with one attached hydrogen (secondary N) is 1. The predicted molar refractivity (Wildman–Crippen MR) is 123 cm³/mol. The van der Waals surface area contributed by atoms with Gasteiger partial charge in [-0.15, -0.1) is 35.3 Å². The van der Waals surface area contributed by atoms with Crippen molar-refractivity contribution in [2.24, 2.45) is 5.92 Å². The summed E-state index contributed by atoms with van der Waals surface area (Å²) in [5, 5.41) is 6.22. The lowest BCUT2D eigenvalue weighted by Gasteiger charge is -2.35. The van der Waals surface area contributed by atoms with Gasteiger partial charge in [-0.3, -0.25) is 0 Å². The highest BCUT2D eigenvalue weighted by molar-refractivity contribution is 8.00. The minimum absolute atomic E-state index is 0.412. The molecule has 5 heteroatoms. The van der Waals surface area contributed by atoms with Gasteiger partial charge in [0.2, 0.25) is 0 Å². The van der Waals surface area contributed by atoms with Gasteiger partial charge in [0.05, 0.1) is 5.69 Å². The lowest BCUT2D eigenvalue weighted by Crippen LogP contribution is -2.36. The maximum absolute atomic E-state index is 4.75. The van der Waals surface area contributed by atoms with Crippen LogP contribution in [0.5, 0.6) is 0 Å². The predicted octanol–water partition coefficient (Wildman–Crippen LogP) is 6.89. The van der Waals surface area contributed by atoms with E-state index in [0.29, 0.717) is 22.5 Å². The molecule has 1 aromatic heterocycles. The SMILES string of the molecule is CCCCC[C@@H]1C=C[C@H](C)C([C@@H](C)Nc2c(SC)cc(C)nc2SC)S1. The van der Waals surface area contributed by atoms with Crippen LogP contribution in [0.3, 0.4) is 0 Å². The molecule has 1 N–H and O–H groups in total. The minimum atomic E-state index is 0.412. The molecule has 0 aromatic carbocycles. The average molecular weight is 411 g/mol. The molecule has 0 saturated carbocycles. The highest BCUT2D eigenvalue weighted by atomic mass is 32.2. The first kappa shape index (κ1) is 22.0. The number of thioether (sulfide) groups is 3. The highest BCUT2D eigenvalue weighted by Gasteiger charge is 2.29. The molecule has 0 fully saturated rings. The third-order valence-corrected chi connectivity index (χ3v) is 8.27. The van der Waals surface area contributed by atoms with E-state index in [1.165, 1.54) is 36.3 Å². The first-order valence-electron chi connectivity index (χ1n) is 9.70. The summed E-state index contributed by atoms with van der Waals surface area (Å²) in [6.07, 6.45) is 14.5. The Hall–Kier alpha value is -0.260. The Morgan fingerprint density at radius 1 is 1.23 bits per heavy atom. The van der Waals surface area contributed by atoms with E-state index in [-0.39, 0.29) is 0 Å². The van der Waals surface area contributed by atoms with Crippen LogP contribution >= 0.6 is 35.3 Å². The molecule has 4 atom stereocenters. The number of rotatable bonds is 9. The number of aromatic nitrogens is 1. The fourth-order valence-corrected chi connectivity index (χ4v) is 6.33. The monoisotopic (exact) mass is 410 g/mol. The van der Waals surface area contributed by atoms with E-state index in [4.69, 9.17) is 4.98 Å². The number of anilines is 1. The van der Waals surface area contributed by atoms with Crippen molar-refractivity contribution in [1.82, 2.24) is 4.98 Å². The smallest absolute Gasteiger partial charge is 0.120 e. The van der Waals surface area contributed by atoms with E-state index in [9.17, 15) is 0 Å². The molecule has 1 aliphatic heterocycles. The van der Waals surface area contributed by atoms with Crippen molar-refractivity contribution in [2.45, 2.75) is 79.8 Å². The number of hydrogen-bond donors (Lipinski definition) is 1. The van der Waals surface area contributed by atoms with Crippen molar-refractivity contribution in [3.8, 4) is 0 Å². The molecule has 0 radical (unpaired) electrons. The summed E-state index contributed by atoms with van der Waals surface area (Å²) in [4.78, 5) is 6.05. The van der Waals surface area contributed by atoms with Crippen LogP contribution in [-0.4, -0.2) is 34.0 Å². The van der Waals surface area contributed by atoms with Gasteiger partial charge in [-0.2, -0.15) is 0 Å². The molecule has 2 rings (SSSR count). The zero-order chi connectivity index (χ0) is 19.1. The van der Waals surface area contributed by atoms with Crippen molar-refractivity contribution in [3.63, 3.8) is 0 Å². The first-order valence-corrected chi connectivity index (χ1v) is 13.1. The van der Waals surface area contributed by atoms with Gasteiger partial charge in [-0.05, 0) is 44.8 Å². The van der Waals surface area contributed by atoms with Gasteiger partial charge in [0.1, 0.15) is 5.03 Å². The second-order valence-electron chi connectivity index (χ2n) is 7.16. The number of pyridine rings is 1. The molecular formula is C21H34N2S3. The number of nitrogens with zero attached hydrogens (tertiary/aromatic N) is 1. The summed E-state index contributed by atoms with van der Waals surface area (Å²) >= 11 is 5.71. The maximum atomic E-state index is 4.75. The van der Waals surface area contributed by atoms with Gasteiger partial charge in [0.15, 0.2) is 0 Å². The van der Waals surface area contributed by atoms with Crippen LogP contribution in [0.1, 0.15) is 52.1 Å². The van der Waals surface area contributed by atoms with E-state index in [0.717, 1.165) is 10.7 Å². The van der Waals surface area contributed by atoms with Crippen LogP contribution in [0.25, 0.3) is 0 Å². The molecule has 0 aliphatic carbocycles. The standard InChI is InChI=1S/C21H34N2S3/c1-7-8-9-10-17-12-11-14(2)20(26-17)16(4)23-19-18(24-5)13-15(3)22-21(19)25-6/h11-14,16-17,20,23H,7-10H2,1-6H3/t14-,16+,17+,20?/m0/s1. The molecule has 2 heterocycles. The topological polar surface area (TPSA) is 24.9 Å². The summed E-state index contributed by atoms with van der Waals surface area (Å²) in [5.41, 5.74) is 2.31. The average Bonchev–Trinajstić information content (AvgIpc) is 2.64. The Bertz CT molecular complexity index is 578. The molecule has 1 aliphatic rings. The van der Waals surface area contributed by atoms with E-state index in [1.807, 2.05) is 0 Å². The van der Waals surface area contributed by atoms with Gasteiger partial charge in [0.25, 0.3) is 0 Å². The fraction of sp³-hybridized carbons (Fsp3) is 0.667. The fourth-order valence-electron chi connectivity index (χ4n) is 3.48. The third-order valence-electron chi connectivity index (χ3n) is 4.93. The molecular weight excluding hydrogens is 376 g/mol. The van der Waals surface area contributed by atoms with Crippen LogP contribution in [0.2, 0.25) is 0 Å². The molecule has 0 bridgehead atoms. The summed E-state index contributed by atoms with van der Waals surface area (Å²) in [6, 6.07) is 2.61. The minimum Gasteiger partial charge on any atom is -0.378 e. The first-order chi connectivity index (χ1) is 12.5. The molecule has 26 heavy (non-hydrogen) atoms. The lowest BCUT2D eigenvalue weighted by atomic mass is 9.99. The summed E-state index contributed by atoms with van der Waals surface area (Å²) < 4.78 is 0. The quantitative estimate of drug-likeness (QED) is 0.271. The van der Waals surface area contributed by atoms with Crippen LogP contribution in [0.15, 0.2) is 28.1 Å². The maximum Gasteiger partial charge on any atom is 0.120 e. The van der Waals surface area contributed by atoms with E-state index >= 15 is 0 Å². The van der Waals surface area contributed by atoms with Gasteiger partial charge < -0.3 is 5.32 Å². The molecule has 2 nitrogen and oxygen atoms in total. The number of unbranched alkanes of at least 4 members (excludes halogenated alkanes) is 2. The van der Waals surface area contributed by atoms with Crippen LogP contribution in [0, 0.1) is 12.8 Å². The number of aryl methyl sites for hydroxylation is 1. The van der Waals surface area contributed by atoms with Gasteiger partial charge in [-0.25, -0.2) is 4.98 Å². The number of allylic oxidation sites excluding steroid dienone is 1. The Morgan fingerprint density at radius 3 is 2.65 bits per heavy atom. The second kappa shape index (κ2) is 10.9. The van der Waals surface area contributed by atoms with Crippen molar-refractivity contribution < 1.29 is 0 Å². The highest BCUT2D eigenvalue weighted by Crippen LogP contribution is 2.39. The molecule has 1 unspecified atom stereocenters. The Labute approximate surface area is 173 Å². The second-order valence-corrected chi connectivity index (χ2v) is 10.2. The van der Waals surface area contributed by atoms with Crippen molar-refractivity contribution >= 4 is 41.0 Å². The Balaban J connectivity index is 2.11. The van der Waals surface area contributed by atoms with Crippen molar-refractivity contribution in [1.29, 1.82) is 0 Å².